The van der Waals surface area contributed by atoms with Gasteiger partial charge in [0, 0.05) is 12.6 Å². The number of hydrogen-bond donors (Lipinski definition) is 2. The van der Waals surface area contributed by atoms with Crippen molar-refractivity contribution in [3.05, 3.63) is 23.0 Å². The highest BCUT2D eigenvalue weighted by molar-refractivity contribution is 6.32. The third-order valence-electron chi connectivity index (χ3n) is 3.68. The SMILES string of the molecule is CC(CNC(=O)c1cc(N)cnc1Cl)N1CCCCC1. The van der Waals surface area contributed by atoms with Gasteiger partial charge in [0.05, 0.1) is 17.4 Å². The van der Waals surface area contributed by atoms with Crippen molar-refractivity contribution >= 4 is 23.2 Å². The predicted octanol–water partition coefficient (Wildman–Crippen LogP) is 1.92. The summed E-state index contributed by atoms with van der Waals surface area (Å²) in [6.07, 6.45) is 5.22. The molecule has 1 fully saturated rings. The monoisotopic (exact) mass is 296 g/mol. The second-order valence-electron chi connectivity index (χ2n) is 5.26. The summed E-state index contributed by atoms with van der Waals surface area (Å²) in [5, 5.41) is 3.09. The predicted molar refractivity (Wildman–Crippen MR) is 80.9 cm³/mol. The smallest absolute Gasteiger partial charge is 0.254 e. The van der Waals surface area contributed by atoms with Crippen LogP contribution in [0.2, 0.25) is 5.15 Å². The summed E-state index contributed by atoms with van der Waals surface area (Å²) in [6.45, 7) is 4.95. The van der Waals surface area contributed by atoms with Crippen LogP contribution >= 0.6 is 11.6 Å². The van der Waals surface area contributed by atoms with E-state index in [1.165, 1.54) is 25.5 Å². The number of nitrogen functional groups attached to an aromatic ring is 1. The second kappa shape index (κ2) is 6.90. The molecule has 1 aromatic rings. The van der Waals surface area contributed by atoms with E-state index in [-0.39, 0.29) is 11.1 Å². The average Bonchev–Trinajstić information content (AvgIpc) is 2.47. The Labute approximate surface area is 124 Å². The lowest BCUT2D eigenvalue weighted by atomic mass is 10.1. The minimum atomic E-state index is -0.223. The van der Waals surface area contributed by atoms with Gasteiger partial charge in [0.25, 0.3) is 5.91 Å². The lowest BCUT2D eigenvalue weighted by molar-refractivity contribution is 0.0930. The number of likely N-dealkylation sites (tertiary alicyclic amines) is 1. The molecule has 1 aromatic heterocycles. The van der Waals surface area contributed by atoms with Gasteiger partial charge in [-0.1, -0.05) is 18.0 Å². The summed E-state index contributed by atoms with van der Waals surface area (Å²) in [4.78, 5) is 18.4. The van der Waals surface area contributed by atoms with Crippen LogP contribution < -0.4 is 11.1 Å². The van der Waals surface area contributed by atoms with Crippen LogP contribution in [0.15, 0.2) is 12.3 Å². The molecule has 1 aliphatic heterocycles. The normalized spacial score (nSPS) is 17.7. The molecular weight excluding hydrogens is 276 g/mol. The lowest BCUT2D eigenvalue weighted by Gasteiger charge is -2.32. The van der Waals surface area contributed by atoms with Crippen LogP contribution in [0.3, 0.4) is 0 Å². The molecule has 3 N–H and O–H groups in total. The molecule has 5 nitrogen and oxygen atoms in total. The second-order valence-corrected chi connectivity index (χ2v) is 5.62. The van der Waals surface area contributed by atoms with E-state index in [1.54, 1.807) is 6.07 Å². The van der Waals surface area contributed by atoms with Crippen LogP contribution in [-0.2, 0) is 0 Å². The van der Waals surface area contributed by atoms with Crippen molar-refractivity contribution < 1.29 is 4.79 Å². The summed E-state index contributed by atoms with van der Waals surface area (Å²) >= 11 is 5.92. The Hall–Kier alpha value is -1.33. The van der Waals surface area contributed by atoms with Gasteiger partial charge in [-0.2, -0.15) is 0 Å². The third kappa shape index (κ3) is 3.84. The number of anilines is 1. The van der Waals surface area contributed by atoms with Gasteiger partial charge in [-0.3, -0.25) is 9.69 Å². The zero-order valence-corrected chi connectivity index (χ0v) is 12.5. The summed E-state index contributed by atoms with van der Waals surface area (Å²) in [5.74, 6) is -0.223. The molecule has 1 atom stereocenters. The van der Waals surface area contributed by atoms with Crippen LogP contribution in [0.4, 0.5) is 5.69 Å². The van der Waals surface area contributed by atoms with Crippen molar-refractivity contribution in [2.75, 3.05) is 25.4 Å². The van der Waals surface area contributed by atoms with E-state index in [0.717, 1.165) is 13.1 Å². The number of hydrogen-bond acceptors (Lipinski definition) is 4. The van der Waals surface area contributed by atoms with Gasteiger partial charge in [0.2, 0.25) is 0 Å². The number of pyridine rings is 1. The fourth-order valence-corrected chi connectivity index (χ4v) is 2.64. The quantitative estimate of drug-likeness (QED) is 0.833. The molecule has 0 aliphatic carbocycles. The van der Waals surface area contributed by atoms with Crippen LogP contribution in [0, 0.1) is 0 Å². The molecule has 0 aromatic carbocycles. The van der Waals surface area contributed by atoms with Gasteiger partial charge in [-0.05, 0) is 38.9 Å². The molecule has 1 unspecified atom stereocenters. The van der Waals surface area contributed by atoms with Gasteiger partial charge < -0.3 is 11.1 Å². The van der Waals surface area contributed by atoms with Crippen molar-refractivity contribution in [3.8, 4) is 0 Å². The van der Waals surface area contributed by atoms with Crippen molar-refractivity contribution in [3.63, 3.8) is 0 Å². The molecule has 1 amide bonds. The molecule has 0 radical (unpaired) electrons. The highest BCUT2D eigenvalue weighted by atomic mass is 35.5. The number of carbonyl (C=O) groups excluding carboxylic acids is 1. The van der Waals surface area contributed by atoms with E-state index in [9.17, 15) is 4.79 Å². The largest absolute Gasteiger partial charge is 0.397 e. The maximum atomic E-state index is 12.1. The highest BCUT2D eigenvalue weighted by Crippen LogP contribution is 2.16. The van der Waals surface area contributed by atoms with Crippen molar-refractivity contribution in [2.24, 2.45) is 0 Å². The maximum Gasteiger partial charge on any atom is 0.254 e. The molecule has 110 valence electrons. The van der Waals surface area contributed by atoms with Crippen LogP contribution in [0.1, 0.15) is 36.5 Å². The minimum Gasteiger partial charge on any atom is -0.397 e. The number of carbonyl (C=O) groups is 1. The van der Waals surface area contributed by atoms with E-state index in [0.29, 0.717) is 23.8 Å². The summed E-state index contributed by atoms with van der Waals surface area (Å²) in [5.41, 5.74) is 6.39. The number of nitrogens with zero attached hydrogens (tertiary/aromatic N) is 2. The number of nitrogens with one attached hydrogen (secondary N) is 1. The Balaban J connectivity index is 1.89. The summed E-state index contributed by atoms with van der Waals surface area (Å²) in [6, 6.07) is 1.88. The molecule has 1 saturated heterocycles. The van der Waals surface area contributed by atoms with Crippen molar-refractivity contribution in [2.45, 2.75) is 32.2 Å². The fourth-order valence-electron chi connectivity index (χ4n) is 2.45. The molecule has 0 spiro atoms. The van der Waals surface area contributed by atoms with Gasteiger partial charge in [0.1, 0.15) is 5.15 Å². The number of aromatic nitrogens is 1. The summed E-state index contributed by atoms with van der Waals surface area (Å²) < 4.78 is 0. The molecule has 6 heteroatoms. The standard InChI is InChI=1S/C14H21ClN4O/c1-10(19-5-3-2-4-6-19)8-18-14(20)12-7-11(16)9-17-13(12)15/h7,9-10H,2-6,8,16H2,1H3,(H,18,20). The zero-order chi connectivity index (χ0) is 14.5. The number of amides is 1. The topological polar surface area (TPSA) is 71.2 Å². The first-order valence-corrected chi connectivity index (χ1v) is 7.39. The maximum absolute atomic E-state index is 12.1. The fraction of sp³-hybridized carbons (Fsp3) is 0.571. The Morgan fingerprint density at radius 3 is 2.90 bits per heavy atom. The Bertz CT molecular complexity index is 474. The van der Waals surface area contributed by atoms with E-state index in [2.05, 4.69) is 22.1 Å². The van der Waals surface area contributed by atoms with E-state index in [4.69, 9.17) is 17.3 Å². The molecule has 0 saturated carbocycles. The number of halogens is 1. The number of nitrogens with two attached hydrogens (primary N) is 1. The Morgan fingerprint density at radius 2 is 2.20 bits per heavy atom. The molecule has 20 heavy (non-hydrogen) atoms. The molecule has 2 rings (SSSR count). The first-order chi connectivity index (χ1) is 9.58. The Kier molecular flexibility index (Phi) is 5.20. The lowest BCUT2D eigenvalue weighted by Crippen LogP contribution is -2.44. The molecule has 0 bridgehead atoms. The summed E-state index contributed by atoms with van der Waals surface area (Å²) in [7, 11) is 0. The Morgan fingerprint density at radius 1 is 1.50 bits per heavy atom. The first-order valence-electron chi connectivity index (χ1n) is 7.01. The van der Waals surface area contributed by atoms with E-state index < -0.39 is 0 Å². The van der Waals surface area contributed by atoms with Crippen LogP contribution in [-0.4, -0.2) is 41.5 Å². The zero-order valence-electron chi connectivity index (χ0n) is 11.7. The van der Waals surface area contributed by atoms with Gasteiger partial charge in [-0.25, -0.2) is 4.98 Å². The minimum absolute atomic E-state index is 0.183. The molecule has 1 aliphatic rings. The van der Waals surface area contributed by atoms with Crippen LogP contribution in [0.25, 0.3) is 0 Å². The van der Waals surface area contributed by atoms with Gasteiger partial charge >= 0.3 is 0 Å². The number of rotatable bonds is 4. The van der Waals surface area contributed by atoms with Gasteiger partial charge in [-0.15, -0.1) is 0 Å². The highest BCUT2D eigenvalue weighted by Gasteiger charge is 2.18. The molecular formula is C14H21ClN4O. The average molecular weight is 297 g/mol. The molecule has 2 heterocycles. The van der Waals surface area contributed by atoms with E-state index >= 15 is 0 Å². The van der Waals surface area contributed by atoms with Gasteiger partial charge in [0.15, 0.2) is 0 Å². The van der Waals surface area contributed by atoms with Crippen molar-refractivity contribution in [1.82, 2.24) is 15.2 Å². The first kappa shape index (κ1) is 15.1. The number of piperidine rings is 1. The van der Waals surface area contributed by atoms with Crippen molar-refractivity contribution in [1.29, 1.82) is 0 Å². The van der Waals surface area contributed by atoms with E-state index in [1.807, 2.05) is 0 Å². The third-order valence-corrected chi connectivity index (χ3v) is 3.98. The van der Waals surface area contributed by atoms with Crippen LogP contribution in [0.5, 0.6) is 0 Å².